The summed E-state index contributed by atoms with van der Waals surface area (Å²) < 4.78 is 0. The Labute approximate surface area is 123 Å². The lowest BCUT2D eigenvalue weighted by molar-refractivity contribution is -0.128. The molecular formula is C16H18N2OS. The molecule has 2 aromatic rings. The topological polar surface area (TPSA) is 32.3 Å². The van der Waals surface area contributed by atoms with Crippen molar-refractivity contribution in [3.8, 4) is 0 Å². The van der Waals surface area contributed by atoms with E-state index in [0.29, 0.717) is 0 Å². The molecule has 1 N–H and O–H groups in total. The van der Waals surface area contributed by atoms with Gasteiger partial charge in [-0.15, -0.1) is 0 Å². The number of carbonyl (C=O) groups excluding carboxylic acids is 1. The molecule has 3 nitrogen and oxygen atoms in total. The third kappa shape index (κ3) is 2.62. The highest BCUT2D eigenvalue weighted by atomic mass is 32.1. The first-order valence-electron chi connectivity index (χ1n) is 6.84. The molecule has 0 saturated carbocycles. The molecule has 20 heavy (non-hydrogen) atoms. The van der Waals surface area contributed by atoms with Gasteiger partial charge in [-0.25, -0.2) is 0 Å². The number of nitrogens with zero attached hydrogens (tertiary/aromatic N) is 1. The van der Waals surface area contributed by atoms with Gasteiger partial charge in [0.15, 0.2) is 0 Å². The maximum absolute atomic E-state index is 12.3. The van der Waals surface area contributed by atoms with E-state index in [1.165, 1.54) is 11.1 Å². The van der Waals surface area contributed by atoms with E-state index in [9.17, 15) is 4.79 Å². The van der Waals surface area contributed by atoms with E-state index in [1.54, 1.807) is 11.3 Å². The minimum Gasteiger partial charge on any atom is -0.325 e. The second-order valence-electron chi connectivity index (χ2n) is 5.15. The number of rotatable bonds is 4. The van der Waals surface area contributed by atoms with E-state index >= 15 is 0 Å². The Bertz CT molecular complexity index is 567. The van der Waals surface area contributed by atoms with Crippen molar-refractivity contribution in [2.45, 2.75) is 25.0 Å². The van der Waals surface area contributed by atoms with Crippen LogP contribution in [-0.2, 0) is 11.2 Å². The third-order valence-electron chi connectivity index (χ3n) is 3.82. The zero-order chi connectivity index (χ0) is 13.9. The monoisotopic (exact) mass is 286 g/mol. The van der Waals surface area contributed by atoms with Crippen LogP contribution in [0.3, 0.4) is 0 Å². The van der Waals surface area contributed by atoms with Crippen LogP contribution in [0, 0.1) is 0 Å². The Morgan fingerprint density at radius 1 is 1.25 bits per heavy atom. The molecule has 1 aromatic heterocycles. The van der Waals surface area contributed by atoms with Gasteiger partial charge >= 0.3 is 0 Å². The number of hydrogen-bond donors (Lipinski definition) is 1. The maximum atomic E-state index is 12.3. The van der Waals surface area contributed by atoms with Gasteiger partial charge in [-0.3, -0.25) is 10.1 Å². The second-order valence-corrected chi connectivity index (χ2v) is 5.93. The molecule has 1 aromatic carbocycles. The molecule has 0 bridgehead atoms. The summed E-state index contributed by atoms with van der Waals surface area (Å²) in [4.78, 5) is 14.1. The molecule has 2 atom stereocenters. The Hall–Kier alpha value is -1.65. The van der Waals surface area contributed by atoms with Gasteiger partial charge in [0.2, 0.25) is 5.91 Å². The average molecular weight is 286 g/mol. The predicted octanol–water partition coefficient (Wildman–Crippen LogP) is 2.81. The number of thiophene rings is 1. The van der Waals surface area contributed by atoms with Crippen molar-refractivity contribution in [1.82, 2.24) is 10.2 Å². The Balaban J connectivity index is 1.65. The molecule has 0 spiro atoms. The summed E-state index contributed by atoms with van der Waals surface area (Å²) in [6.45, 7) is 0. The summed E-state index contributed by atoms with van der Waals surface area (Å²) in [5.41, 5.74) is 2.46. The van der Waals surface area contributed by atoms with Gasteiger partial charge in [0.1, 0.15) is 6.17 Å². The molecule has 1 fully saturated rings. The summed E-state index contributed by atoms with van der Waals surface area (Å²) in [7, 11) is 1.88. The number of likely N-dealkylation sites (N-methyl/N-ethyl adjacent to an activating group) is 1. The molecule has 1 aliphatic heterocycles. The third-order valence-corrected chi connectivity index (χ3v) is 4.52. The summed E-state index contributed by atoms with van der Waals surface area (Å²) >= 11 is 1.66. The SMILES string of the molecule is CN1C(=O)C(CCc2ccccc2)NC1c1ccsc1. The lowest BCUT2D eigenvalue weighted by Gasteiger charge is -2.17. The van der Waals surface area contributed by atoms with E-state index < -0.39 is 0 Å². The van der Waals surface area contributed by atoms with E-state index in [4.69, 9.17) is 0 Å². The molecule has 2 unspecified atom stereocenters. The molecule has 2 heterocycles. The summed E-state index contributed by atoms with van der Waals surface area (Å²) in [5, 5.41) is 7.59. The van der Waals surface area contributed by atoms with Crippen molar-refractivity contribution in [2.24, 2.45) is 0 Å². The van der Waals surface area contributed by atoms with Crippen LogP contribution >= 0.6 is 11.3 Å². The normalized spacial score (nSPS) is 22.4. The Morgan fingerprint density at radius 3 is 2.75 bits per heavy atom. The fourth-order valence-corrected chi connectivity index (χ4v) is 3.34. The lowest BCUT2D eigenvalue weighted by Crippen LogP contribution is -2.29. The number of hydrogen-bond acceptors (Lipinski definition) is 3. The molecule has 1 aliphatic rings. The van der Waals surface area contributed by atoms with Gasteiger partial charge in [0, 0.05) is 7.05 Å². The highest BCUT2D eigenvalue weighted by Gasteiger charge is 2.36. The van der Waals surface area contributed by atoms with Crippen molar-refractivity contribution in [3.05, 3.63) is 58.3 Å². The van der Waals surface area contributed by atoms with Gasteiger partial charge in [0.05, 0.1) is 6.04 Å². The van der Waals surface area contributed by atoms with Gasteiger partial charge < -0.3 is 4.90 Å². The van der Waals surface area contributed by atoms with E-state index in [2.05, 4.69) is 28.9 Å². The van der Waals surface area contributed by atoms with Crippen LogP contribution in [0.2, 0.25) is 0 Å². The van der Waals surface area contributed by atoms with Crippen molar-refractivity contribution >= 4 is 17.2 Å². The number of amides is 1. The molecule has 0 aliphatic carbocycles. The quantitative estimate of drug-likeness (QED) is 0.937. The average Bonchev–Trinajstić information content (AvgIpc) is 3.09. The first-order valence-corrected chi connectivity index (χ1v) is 7.79. The molecule has 3 rings (SSSR count). The van der Waals surface area contributed by atoms with Crippen molar-refractivity contribution < 1.29 is 4.79 Å². The van der Waals surface area contributed by atoms with Crippen LogP contribution in [0.4, 0.5) is 0 Å². The van der Waals surface area contributed by atoms with Crippen LogP contribution in [-0.4, -0.2) is 23.9 Å². The molecule has 104 valence electrons. The van der Waals surface area contributed by atoms with Crippen molar-refractivity contribution in [1.29, 1.82) is 0 Å². The summed E-state index contributed by atoms with van der Waals surface area (Å²) in [6.07, 6.45) is 1.79. The highest BCUT2D eigenvalue weighted by molar-refractivity contribution is 7.07. The predicted molar refractivity (Wildman–Crippen MR) is 81.5 cm³/mol. The maximum Gasteiger partial charge on any atom is 0.241 e. The smallest absolute Gasteiger partial charge is 0.241 e. The van der Waals surface area contributed by atoms with Gasteiger partial charge in [-0.1, -0.05) is 30.3 Å². The van der Waals surface area contributed by atoms with Crippen molar-refractivity contribution in [3.63, 3.8) is 0 Å². The number of aryl methyl sites for hydroxylation is 1. The Kier molecular flexibility index (Phi) is 3.85. The number of carbonyl (C=O) groups is 1. The molecule has 4 heteroatoms. The fourth-order valence-electron chi connectivity index (χ4n) is 2.66. The Morgan fingerprint density at radius 2 is 2.05 bits per heavy atom. The van der Waals surface area contributed by atoms with Crippen LogP contribution < -0.4 is 5.32 Å². The number of benzene rings is 1. The molecule has 1 saturated heterocycles. The molecular weight excluding hydrogens is 268 g/mol. The zero-order valence-electron chi connectivity index (χ0n) is 11.5. The lowest BCUT2D eigenvalue weighted by atomic mass is 10.1. The van der Waals surface area contributed by atoms with E-state index in [0.717, 1.165) is 12.8 Å². The second kappa shape index (κ2) is 5.77. The van der Waals surface area contributed by atoms with Crippen LogP contribution in [0.25, 0.3) is 0 Å². The van der Waals surface area contributed by atoms with Crippen molar-refractivity contribution in [2.75, 3.05) is 7.05 Å². The highest BCUT2D eigenvalue weighted by Crippen LogP contribution is 2.26. The summed E-state index contributed by atoms with van der Waals surface area (Å²) in [5.74, 6) is 0.192. The van der Waals surface area contributed by atoms with Gasteiger partial charge in [-0.05, 0) is 40.8 Å². The van der Waals surface area contributed by atoms with E-state index in [-0.39, 0.29) is 18.1 Å². The summed E-state index contributed by atoms with van der Waals surface area (Å²) in [6, 6.07) is 12.3. The zero-order valence-corrected chi connectivity index (χ0v) is 12.3. The molecule has 1 amide bonds. The van der Waals surface area contributed by atoms with Crippen LogP contribution in [0.1, 0.15) is 23.7 Å². The standard InChI is InChI=1S/C16H18N2OS/c1-18-15(13-9-10-20-11-13)17-14(16(18)19)8-7-12-5-3-2-4-6-12/h2-6,9-11,14-15,17H,7-8H2,1H3. The first-order chi connectivity index (χ1) is 9.75. The minimum atomic E-state index is -0.0786. The minimum absolute atomic E-state index is 0.0227. The van der Waals surface area contributed by atoms with Crippen LogP contribution in [0.5, 0.6) is 0 Å². The largest absolute Gasteiger partial charge is 0.325 e. The first kappa shape index (κ1) is 13.3. The van der Waals surface area contributed by atoms with Gasteiger partial charge in [0.25, 0.3) is 0 Å². The number of nitrogens with one attached hydrogen (secondary N) is 1. The van der Waals surface area contributed by atoms with E-state index in [1.807, 2.05) is 35.5 Å². The fraction of sp³-hybridized carbons (Fsp3) is 0.312. The van der Waals surface area contributed by atoms with Gasteiger partial charge in [-0.2, -0.15) is 11.3 Å². The van der Waals surface area contributed by atoms with Crippen LogP contribution in [0.15, 0.2) is 47.2 Å². The molecule has 0 radical (unpaired) electrons.